The summed E-state index contributed by atoms with van der Waals surface area (Å²) in [5.41, 5.74) is 1.83. The maximum absolute atomic E-state index is 11.4. The predicted octanol–water partition coefficient (Wildman–Crippen LogP) is 3.35. The lowest BCUT2D eigenvalue weighted by Gasteiger charge is -2.12. The zero-order chi connectivity index (χ0) is 15.0. The van der Waals surface area contributed by atoms with Gasteiger partial charge in [-0.1, -0.05) is 45.7 Å². The van der Waals surface area contributed by atoms with Gasteiger partial charge < -0.3 is 9.97 Å². The van der Waals surface area contributed by atoms with E-state index in [1.165, 1.54) is 0 Å². The molecule has 0 radical (unpaired) electrons. The van der Waals surface area contributed by atoms with Gasteiger partial charge in [-0.25, -0.2) is 0 Å². The van der Waals surface area contributed by atoms with E-state index in [0.29, 0.717) is 16.1 Å². The van der Waals surface area contributed by atoms with Gasteiger partial charge in [0.25, 0.3) is 0 Å². The lowest BCUT2D eigenvalue weighted by Crippen LogP contribution is -2.28. The quantitative estimate of drug-likeness (QED) is 0.540. The Morgan fingerprint density at radius 2 is 1.57 bits per heavy atom. The van der Waals surface area contributed by atoms with E-state index in [2.05, 4.69) is 25.9 Å². The molecule has 2 N–H and O–H groups in total. The predicted molar refractivity (Wildman–Crippen MR) is 87.4 cm³/mol. The third-order valence-electron chi connectivity index (χ3n) is 3.18. The smallest absolute Gasteiger partial charge is 0.314 e. The van der Waals surface area contributed by atoms with Crippen molar-refractivity contribution in [2.75, 3.05) is 0 Å². The van der Waals surface area contributed by atoms with Gasteiger partial charge in [-0.2, -0.15) is 0 Å². The number of H-pyrrole nitrogens is 2. The molecular weight excluding hydrogens is 356 g/mol. The van der Waals surface area contributed by atoms with Crippen LogP contribution in [0.25, 0.3) is 11.0 Å². The highest BCUT2D eigenvalue weighted by molar-refractivity contribution is 9.09. The first-order valence-corrected chi connectivity index (χ1v) is 7.50. The fraction of sp³-hybridized carbons (Fsp3) is 0.0667. The minimum absolute atomic E-state index is 0.0592. The van der Waals surface area contributed by atoms with Crippen molar-refractivity contribution >= 4 is 38.6 Å². The van der Waals surface area contributed by atoms with E-state index >= 15 is 0 Å². The molecule has 1 unspecified atom stereocenters. The standard InChI is InChI=1S/C15H10BrClN2O2/c16-13(8-2-1-3-10(17)6-8)9-4-5-11-12(7-9)19-15(21)14(20)18-11/h1-7,13H,(H,18,20)(H,19,21). The molecule has 6 heteroatoms. The summed E-state index contributed by atoms with van der Waals surface area (Å²) in [6, 6.07) is 13.0. The lowest BCUT2D eigenvalue weighted by atomic mass is 10.0. The summed E-state index contributed by atoms with van der Waals surface area (Å²) in [6.45, 7) is 0. The molecule has 0 aliphatic carbocycles. The van der Waals surface area contributed by atoms with Gasteiger partial charge in [-0.3, -0.25) is 9.59 Å². The van der Waals surface area contributed by atoms with Crippen LogP contribution in [0.4, 0.5) is 0 Å². The normalized spacial score (nSPS) is 12.5. The summed E-state index contributed by atoms with van der Waals surface area (Å²) in [5, 5.41) is 0.662. The summed E-state index contributed by atoms with van der Waals surface area (Å²) >= 11 is 9.63. The average molecular weight is 366 g/mol. The molecule has 0 saturated carbocycles. The van der Waals surface area contributed by atoms with E-state index in [1.807, 2.05) is 36.4 Å². The van der Waals surface area contributed by atoms with Gasteiger partial charge in [0.05, 0.1) is 15.9 Å². The van der Waals surface area contributed by atoms with Gasteiger partial charge in [0.1, 0.15) is 0 Å². The molecule has 0 bridgehead atoms. The van der Waals surface area contributed by atoms with E-state index in [-0.39, 0.29) is 4.83 Å². The van der Waals surface area contributed by atoms with E-state index < -0.39 is 11.1 Å². The SMILES string of the molecule is O=c1[nH]c2ccc(C(Br)c3cccc(Cl)c3)cc2[nH]c1=O. The van der Waals surface area contributed by atoms with Gasteiger partial charge >= 0.3 is 11.1 Å². The van der Waals surface area contributed by atoms with E-state index in [4.69, 9.17) is 11.6 Å². The highest BCUT2D eigenvalue weighted by atomic mass is 79.9. The first kappa shape index (κ1) is 14.1. The highest BCUT2D eigenvalue weighted by Crippen LogP contribution is 2.32. The molecule has 3 rings (SSSR count). The Labute approximate surface area is 132 Å². The minimum atomic E-state index is -0.659. The molecule has 1 aromatic heterocycles. The van der Waals surface area contributed by atoms with Crippen molar-refractivity contribution in [1.29, 1.82) is 0 Å². The van der Waals surface area contributed by atoms with Gasteiger partial charge in [-0.15, -0.1) is 0 Å². The van der Waals surface area contributed by atoms with E-state index in [9.17, 15) is 9.59 Å². The number of hydrogen-bond acceptors (Lipinski definition) is 2. The van der Waals surface area contributed by atoms with Crippen molar-refractivity contribution in [2.24, 2.45) is 0 Å². The lowest BCUT2D eigenvalue weighted by molar-refractivity contribution is 1.13. The number of hydrogen-bond donors (Lipinski definition) is 2. The maximum Gasteiger partial charge on any atom is 0.314 e. The second kappa shape index (κ2) is 5.50. The van der Waals surface area contributed by atoms with Crippen molar-refractivity contribution in [3.8, 4) is 0 Å². The Morgan fingerprint density at radius 1 is 0.905 bits per heavy atom. The first-order chi connectivity index (χ1) is 10.0. The van der Waals surface area contributed by atoms with Crippen LogP contribution in [0.3, 0.4) is 0 Å². The maximum atomic E-state index is 11.4. The Bertz CT molecular complexity index is 933. The summed E-state index contributed by atoms with van der Waals surface area (Å²) in [6.07, 6.45) is 0. The third kappa shape index (κ3) is 2.80. The third-order valence-corrected chi connectivity index (χ3v) is 4.47. The monoisotopic (exact) mass is 364 g/mol. The summed E-state index contributed by atoms with van der Waals surface area (Å²) in [7, 11) is 0. The second-order valence-corrected chi connectivity index (χ2v) is 5.98. The molecule has 0 spiro atoms. The molecule has 0 fully saturated rings. The van der Waals surface area contributed by atoms with Crippen molar-refractivity contribution < 1.29 is 0 Å². The number of alkyl halides is 1. The number of fused-ring (bicyclic) bond motifs is 1. The van der Waals surface area contributed by atoms with Crippen LogP contribution >= 0.6 is 27.5 Å². The number of halogens is 2. The van der Waals surface area contributed by atoms with Crippen molar-refractivity contribution in [3.05, 3.63) is 79.3 Å². The molecule has 106 valence electrons. The summed E-state index contributed by atoms with van der Waals surface area (Å²) < 4.78 is 0. The molecular formula is C15H10BrClN2O2. The molecule has 0 saturated heterocycles. The average Bonchev–Trinajstić information content (AvgIpc) is 2.47. The van der Waals surface area contributed by atoms with Gasteiger partial charge in [0.15, 0.2) is 0 Å². The Morgan fingerprint density at radius 3 is 2.29 bits per heavy atom. The minimum Gasteiger partial charge on any atom is -0.316 e. The van der Waals surface area contributed by atoms with Crippen molar-refractivity contribution in [2.45, 2.75) is 4.83 Å². The van der Waals surface area contributed by atoms with E-state index in [1.54, 1.807) is 6.07 Å². The number of benzene rings is 2. The topological polar surface area (TPSA) is 65.7 Å². The van der Waals surface area contributed by atoms with Crippen LogP contribution in [-0.4, -0.2) is 9.97 Å². The van der Waals surface area contributed by atoms with Gasteiger partial charge in [-0.05, 0) is 35.4 Å². The zero-order valence-corrected chi connectivity index (χ0v) is 13.0. The van der Waals surface area contributed by atoms with Crippen LogP contribution < -0.4 is 11.1 Å². The number of rotatable bonds is 2. The number of aromatic nitrogens is 2. The Balaban J connectivity index is 2.10. The van der Waals surface area contributed by atoms with Gasteiger partial charge in [0, 0.05) is 5.02 Å². The van der Waals surface area contributed by atoms with Crippen molar-refractivity contribution in [3.63, 3.8) is 0 Å². The summed E-state index contributed by atoms with van der Waals surface area (Å²) in [4.78, 5) is 27.7. The molecule has 2 aromatic carbocycles. The van der Waals surface area contributed by atoms with Crippen LogP contribution in [0.1, 0.15) is 16.0 Å². The highest BCUT2D eigenvalue weighted by Gasteiger charge is 2.12. The van der Waals surface area contributed by atoms with Gasteiger partial charge in [0.2, 0.25) is 0 Å². The largest absolute Gasteiger partial charge is 0.316 e. The summed E-state index contributed by atoms with van der Waals surface area (Å²) in [5.74, 6) is 0. The van der Waals surface area contributed by atoms with Crippen LogP contribution in [-0.2, 0) is 0 Å². The van der Waals surface area contributed by atoms with Crippen LogP contribution in [0, 0.1) is 0 Å². The fourth-order valence-corrected chi connectivity index (χ4v) is 2.92. The molecule has 4 nitrogen and oxygen atoms in total. The fourth-order valence-electron chi connectivity index (χ4n) is 2.15. The molecule has 1 heterocycles. The number of aromatic amines is 2. The Kier molecular flexibility index (Phi) is 3.69. The van der Waals surface area contributed by atoms with Crippen LogP contribution in [0.2, 0.25) is 5.02 Å². The number of nitrogens with one attached hydrogen (secondary N) is 2. The molecule has 0 aliphatic rings. The Hall–Kier alpha value is -1.85. The molecule has 1 atom stereocenters. The van der Waals surface area contributed by atoms with Crippen LogP contribution in [0.15, 0.2) is 52.1 Å². The first-order valence-electron chi connectivity index (χ1n) is 6.20. The van der Waals surface area contributed by atoms with Crippen molar-refractivity contribution in [1.82, 2.24) is 9.97 Å². The second-order valence-electron chi connectivity index (χ2n) is 4.63. The molecule has 21 heavy (non-hydrogen) atoms. The zero-order valence-electron chi connectivity index (χ0n) is 10.7. The molecule has 3 aromatic rings. The van der Waals surface area contributed by atoms with E-state index in [0.717, 1.165) is 11.1 Å². The van der Waals surface area contributed by atoms with Crippen LogP contribution in [0.5, 0.6) is 0 Å². The molecule has 0 aliphatic heterocycles. The molecule has 0 amide bonds.